The van der Waals surface area contributed by atoms with Gasteiger partial charge in [0.15, 0.2) is 6.23 Å². The molecular formula is C33H28N2O2. The van der Waals surface area contributed by atoms with Crippen LogP contribution in [0.2, 0.25) is 0 Å². The Balaban J connectivity index is 1.24. The molecule has 3 N–H and O–H groups in total. The highest BCUT2D eigenvalue weighted by atomic mass is 16.3. The predicted octanol–water partition coefficient (Wildman–Crippen LogP) is 7.20. The van der Waals surface area contributed by atoms with E-state index in [1.165, 1.54) is 0 Å². The van der Waals surface area contributed by atoms with Gasteiger partial charge in [-0.25, -0.2) is 0 Å². The molecule has 182 valence electrons. The molecule has 1 aliphatic rings. The predicted molar refractivity (Wildman–Crippen MR) is 152 cm³/mol. The summed E-state index contributed by atoms with van der Waals surface area (Å²) in [7, 11) is 0. The van der Waals surface area contributed by atoms with Crippen molar-refractivity contribution in [3.05, 3.63) is 145 Å². The Labute approximate surface area is 217 Å². The van der Waals surface area contributed by atoms with E-state index >= 15 is 0 Å². The van der Waals surface area contributed by atoms with Crippen LogP contribution in [0.15, 0.2) is 145 Å². The first-order valence-electron chi connectivity index (χ1n) is 12.3. The maximum absolute atomic E-state index is 13.0. The normalized spacial score (nSPS) is 13.6. The summed E-state index contributed by atoms with van der Waals surface area (Å²) in [6.07, 6.45) is 7.03. The van der Waals surface area contributed by atoms with Gasteiger partial charge in [0, 0.05) is 16.9 Å². The van der Waals surface area contributed by atoms with Crippen LogP contribution in [0.4, 0.5) is 11.4 Å². The Bertz CT molecular complexity index is 1440. The fourth-order valence-corrected chi connectivity index (χ4v) is 4.23. The van der Waals surface area contributed by atoms with Crippen molar-refractivity contribution in [2.75, 3.05) is 10.6 Å². The van der Waals surface area contributed by atoms with E-state index in [-0.39, 0.29) is 5.91 Å². The van der Waals surface area contributed by atoms with Crippen molar-refractivity contribution in [3.63, 3.8) is 0 Å². The molecule has 0 heterocycles. The monoisotopic (exact) mass is 484 g/mol. The molecule has 5 rings (SSSR count). The minimum Gasteiger partial charge on any atom is -0.369 e. The summed E-state index contributed by atoms with van der Waals surface area (Å²) in [6.45, 7) is 0. The van der Waals surface area contributed by atoms with Gasteiger partial charge in [0.05, 0.1) is 0 Å². The van der Waals surface area contributed by atoms with Gasteiger partial charge in [0.1, 0.15) is 0 Å². The van der Waals surface area contributed by atoms with Crippen molar-refractivity contribution in [3.8, 4) is 22.3 Å². The number of hydrogen-bond acceptors (Lipinski definition) is 3. The number of carbonyl (C=O) groups is 1. The third-order valence-electron chi connectivity index (χ3n) is 6.23. The summed E-state index contributed by atoms with van der Waals surface area (Å²) >= 11 is 0. The van der Waals surface area contributed by atoms with Crippen molar-refractivity contribution in [2.24, 2.45) is 0 Å². The zero-order valence-electron chi connectivity index (χ0n) is 20.3. The Morgan fingerprint density at radius 3 is 1.76 bits per heavy atom. The number of aliphatic hydroxyl groups is 1. The second kappa shape index (κ2) is 11.4. The molecule has 4 aromatic carbocycles. The second-order valence-corrected chi connectivity index (χ2v) is 8.83. The van der Waals surface area contributed by atoms with E-state index in [9.17, 15) is 9.90 Å². The van der Waals surface area contributed by atoms with Crippen molar-refractivity contribution in [2.45, 2.75) is 12.6 Å². The van der Waals surface area contributed by atoms with E-state index in [0.717, 1.165) is 27.9 Å². The molecule has 0 fully saturated rings. The molecule has 1 aliphatic carbocycles. The summed E-state index contributed by atoms with van der Waals surface area (Å²) in [5, 5.41) is 17.0. The SMILES string of the molecule is O=C(Nc1ccc(-c2ccccc2)cc1)C1=CC(C(O)Nc2ccc(-c3ccccc3)cc2)=CCC=C1. The lowest BCUT2D eigenvalue weighted by atomic mass is 10.1. The molecule has 0 aromatic heterocycles. The molecule has 0 saturated carbocycles. The summed E-state index contributed by atoms with van der Waals surface area (Å²) in [6, 6.07) is 36.0. The Kier molecular flexibility index (Phi) is 7.39. The van der Waals surface area contributed by atoms with Crippen molar-refractivity contribution < 1.29 is 9.90 Å². The van der Waals surface area contributed by atoms with Gasteiger partial charge in [-0.05, 0) is 64.6 Å². The minimum absolute atomic E-state index is 0.226. The van der Waals surface area contributed by atoms with Crippen LogP contribution in [0.5, 0.6) is 0 Å². The number of anilines is 2. The average molecular weight is 485 g/mol. The number of allylic oxidation sites excluding steroid dienone is 2. The van der Waals surface area contributed by atoms with Crippen LogP contribution in [0.1, 0.15) is 6.42 Å². The zero-order valence-corrected chi connectivity index (χ0v) is 20.3. The smallest absolute Gasteiger partial charge is 0.255 e. The molecular weight excluding hydrogens is 456 g/mol. The van der Waals surface area contributed by atoms with Crippen molar-refractivity contribution in [1.82, 2.24) is 0 Å². The highest BCUT2D eigenvalue weighted by Crippen LogP contribution is 2.24. The highest BCUT2D eigenvalue weighted by molar-refractivity contribution is 6.06. The van der Waals surface area contributed by atoms with Crippen LogP contribution in [0.25, 0.3) is 22.3 Å². The number of aliphatic hydroxyl groups excluding tert-OH is 1. The molecule has 1 atom stereocenters. The Morgan fingerprint density at radius 2 is 1.19 bits per heavy atom. The standard InChI is InChI=1S/C33H28N2O2/c36-32(34-30-19-15-26(16-20-30)24-9-3-1-4-10-24)28-13-7-8-14-29(23-28)33(37)35-31-21-17-27(18-22-31)25-11-5-2-6-12-25/h1-7,9-23,33,35,37H,8H2,(H,34,36). The number of nitrogens with one attached hydrogen (secondary N) is 2. The fourth-order valence-electron chi connectivity index (χ4n) is 4.23. The van der Waals surface area contributed by atoms with Gasteiger partial charge < -0.3 is 15.7 Å². The van der Waals surface area contributed by atoms with Crippen molar-refractivity contribution >= 4 is 17.3 Å². The van der Waals surface area contributed by atoms with Crippen LogP contribution in [-0.2, 0) is 4.79 Å². The van der Waals surface area contributed by atoms with Crippen LogP contribution < -0.4 is 10.6 Å². The molecule has 4 aromatic rings. The van der Waals surface area contributed by atoms with E-state index in [1.807, 2.05) is 97.1 Å². The quantitative estimate of drug-likeness (QED) is 0.243. The average Bonchev–Trinajstić information content (AvgIpc) is 3.22. The molecule has 0 aliphatic heterocycles. The molecule has 0 radical (unpaired) electrons. The van der Waals surface area contributed by atoms with Gasteiger partial charge in [0.25, 0.3) is 5.91 Å². The zero-order chi connectivity index (χ0) is 25.5. The molecule has 4 heteroatoms. The first-order chi connectivity index (χ1) is 18.2. The molecule has 37 heavy (non-hydrogen) atoms. The highest BCUT2D eigenvalue weighted by Gasteiger charge is 2.15. The molecule has 0 saturated heterocycles. The van der Waals surface area contributed by atoms with Gasteiger partial charge in [0.2, 0.25) is 0 Å². The first-order valence-corrected chi connectivity index (χ1v) is 12.3. The van der Waals surface area contributed by atoms with Gasteiger partial charge in [-0.3, -0.25) is 4.79 Å². The van der Waals surface area contributed by atoms with Crippen LogP contribution in [0.3, 0.4) is 0 Å². The van der Waals surface area contributed by atoms with E-state index in [0.29, 0.717) is 23.3 Å². The van der Waals surface area contributed by atoms with Gasteiger partial charge >= 0.3 is 0 Å². The van der Waals surface area contributed by atoms with Gasteiger partial charge in [-0.15, -0.1) is 0 Å². The largest absolute Gasteiger partial charge is 0.369 e. The Hall–Kier alpha value is -4.67. The lowest BCUT2D eigenvalue weighted by Gasteiger charge is -2.16. The maximum atomic E-state index is 13.0. The minimum atomic E-state index is -0.949. The number of amides is 1. The topological polar surface area (TPSA) is 61.4 Å². The fraction of sp³-hybridized carbons (Fsp3) is 0.0606. The van der Waals surface area contributed by atoms with Crippen LogP contribution in [0, 0.1) is 0 Å². The molecule has 4 nitrogen and oxygen atoms in total. The van der Waals surface area contributed by atoms with E-state index < -0.39 is 6.23 Å². The molecule has 1 amide bonds. The van der Waals surface area contributed by atoms with Crippen LogP contribution >= 0.6 is 0 Å². The summed E-state index contributed by atoms with van der Waals surface area (Å²) < 4.78 is 0. The summed E-state index contributed by atoms with van der Waals surface area (Å²) in [5.41, 5.74) is 7.09. The van der Waals surface area contributed by atoms with E-state index in [2.05, 4.69) is 34.9 Å². The van der Waals surface area contributed by atoms with Gasteiger partial charge in [-0.1, -0.05) is 103 Å². The third-order valence-corrected chi connectivity index (χ3v) is 6.23. The number of hydrogen-bond donors (Lipinski definition) is 3. The van der Waals surface area contributed by atoms with Crippen molar-refractivity contribution in [1.29, 1.82) is 0 Å². The van der Waals surface area contributed by atoms with Crippen LogP contribution in [-0.4, -0.2) is 17.2 Å². The summed E-state index contributed by atoms with van der Waals surface area (Å²) in [5.74, 6) is -0.226. The van der Waals surface area contributed by atoms with Gasteiger partial charge in [-0.2, -0.15) is 0 Å². The second-order valence-electron chi connectivity index (χ2n) is 8.83. The Morgan fingerprint density at radius 1 is 0.676 bits per heavy atom. The number of carbonyl (C=O) groups excluding carboxylic acids is 1. The number of benzene rings is 4. The third kappa shape index (κ3) is 6.13. The lowest BCUT2D eigenvalue weighted by Crippen LogP contribution is -2.21. The van der Waals surface area contributed by atoms with E-state index in [1.54, 1.807) is 12.2 Å². The summed E-state index contributed by atoms with van der Waals surface area (Å²) in [4.78, 5) is 13.0. The molecule has 0 spiro atoms. The van der Waals surface area contributed by atoms with E-state index in [4.69, 9.17) is 0 Å². The first kappa shape index (κ1) is 24.0. The lowest BCUT2D eigenvalue weighted by molar-refractivity contribution is -0.112. The molecule has 0 bridgehead atoms. The molecule has 1 unspecified atom stereocenters. The number of rotatable bonds is 7. The maximum Gasteiger partial charge on any atom is 0.255 e.